The summed E-state index contributed by atoms with van der Waals surface area (Å²) in [5.41, 5.74) is 2.04. The number of ether oxygens (including phenoxy) is 2. The molecule has 2 aromatic rings. The molecule has 6 rings (SSSR count). The number of nitrogens with two attached hydrogens (primary N) is 1. The minimum absolute atomic E-state index is 0.0148. The van der Waals surface area contributed by atoms with Crippen LogP contribution < -0.4 is 9.88 Å². The van der Waals surface area contributed by atoms with Crippen LogP contribution in [0.1, 0.15) is 58.0 Å². The summed E-state index contributed by atoms with van der Waals surface area (Å²) in [4.78, 5) is 34.1. The van der Waals surface area contributed by atoms with Gasteiger partial charge in [-0.3, -0.25) is 9.59 Å². The van der Waals surface area contributed by atoms with Crippen molar-refractivity contribution in [3.63, 3.8) is 0 Å². The van der Waals surface area contributed by atoms with Crippen LogP contribution >= 0.6 is 0 Å². The number of nitrogens with zero attached hydrogens (tertiary/aromatic N) is 3. The SMILES string of the molecule is NS(=O)(=O)c1ccc(C(=O)N2C[C@@H]3CN(C(=O)c4cc(OCC5CCOCC5)cc(C5CC5)c4)C[C@H]3C2)nc1. The van der Waals surface area contributed by atoms with Gasteiger partial charge in [0.1, 0.15) is 16.3 Å². The van der Waals surface area contributed by atoms with E-state index in [2.05, 4.69) is 11.1 Å². The van der Waals surface area contributed by atoms with Crippen molar-refractivity contribution in [3.05, 3.63) is 53.3 Å². The highest BCUT2D eigenvalue weighted by atomic mass is 32.2. The minimum atomic E-state index is -3.87. The van der Waals surface area contributed by atoms with Gasteiger partial charge in [0.25, 0.3) is 11.8 Å². The summed E-state index contributed by atoms with van der Waals surface area (Å²) >= 11 is 0. The third-order valence-electron chi connectivity index (χ3n) is 8.40. The predicted octanol–water partition coefficient (Wildman–Crippen LogP) is 2.26. The summed E-state index contributed by atoms with van der Waals surface area (Å²) in [6.07, 6.45) is 5.41. The van der Waals surface area contributed by atoms with Gasteiger partial charge in [-0.1, -0.05) is 0 Å². The van der Waals surface area contributed by atoms with Crippen LogP contribution in [-0.4, -0.2) is 81.0 Å². The molecular formula is C28H34N4O6S. The quantitative estimate of drug-likeness (QED) is 0.555. The molecule has 0 unspecified atom stereocenters. The first kappa shape index (κ1) is 26.2. The summed E-state index contributed by atoms with van der Waals surface area (Å²) in [5.74, 6) is 1.91. The first-order chi connectivity index (χ1) is 18.7. The van der Waals surface area contributed by atoms with Crippen molar-refractivity contribution >= 4 is 21.8 Å². The van der Waals surface area contributed by atoms with Crippen molar-refractivity contribution in [1.29, 1.82) is 0 Å². The lowest BCUT2D eigenvalue weighted by atomic mass is 10.0. The van der Waals surface area contributed by atoms with E-state index in [0.29, 0.717) is 50.2 Å². The highest BCUT2D eigenvalue weighted by molar-refractivity contribution is 7.89. The molecule has 1 aromatic heterocycles. The maximum atomic E-state index is 13.6. The van der Waals surface area contributed by atoms with Crippen LogP contribution in [0.5, 0.6) is 5.75 Å². The number of carbonyl (C=O) groups is 2. The molecule has 3 saturated heterocycles. The molecule has 10 nitrogen and oxygen atoms in total. The Morgan fingerprint density at radius 1 is 0.949 bits per heavy atom. The molecular weight excluding hydrogens is 520 g/mol. The van der Waals surface area contributed by atoms with Crippen LogP contribution in [0.2, 0.25) is 0 Å². The first-order valence-electron chi connectivity index (χ1n) is 13.7. The summed E-state index contributed by atoms with van der Waals surface area (Å²) in [6, 6.07) is 8.70. The zero-order valence-corrected chi connectivity index (χ0v) is 22.6. The Kier molecular flexibility index (Phi) is 7.07. The number of hydrogen-bond donors (Lipinski definition) is 1. The normalized spacial score (nSPS) is 23.6. The largest absolute Gasteiger partial charge is 0.493 e. The monoisotopic (exact) mass is 554 g/mol. The number of fused-ring (bicyclic) bond motifs is 1. The smallest absolute Gasteiger partial charge is 0.272 e. The predicted molar refractivity (Wildman–Crippen MR) is 142 cm³/mol. The molecule has 3 aliphatic heterocycles. The van der Waals surface area contributed by atoms with E-state index in [1.54, 1.807) is 4.90 Å². The highest BCUT2D eigenvalue weighted by Crippen LogP contribution is 2.42. The van der Waals surface area contributed by atoms with E-state index in [9.17, 15) is 18.0 Å². The number of sulfonamides is 1. The second-order valence-electron chi connectivity index (χ2n) is 11.3. The number of carbonyl (C=O) groups excluding carboxylic acids is 2. The molecule has 1 aromatic carbocycles. The van der Waals surface area contributed by atoms with Gasteiger partial charge >= 0.3 is 0 Å². The van der Waals surface area contributed by atoms with E-state index < -0.39 is 10.0 Å². The van der Waals surface area contributed by atoms with Gasteiger partial charge in [-0.25, -0.2) is 18.5 Å². The third kappa shape index (κ3) is 5.80. The molecule has 1 saturated carbocycles. The van der Waals surface area contributed by atoms with Crippen molar-refractivity contribution in [2.24, 2.45) is 22.9 Å². The Morgan fingerprint density at radius 3 is 2.21 bits per heavy atom. The number of benzene rings is 1. The van der Waals surface area contributed by atoms with Gasteiger partial charge in [-0.15, -0.1) is 0 Å². The Bertz CT molecular complexity index is 1340. The number of hydrogen-bond acceptors (Lipinski definition) is 7. The van der Waals surface area contributed by atoms with Crippen molar-refractivity contribution in [2.75, 3.05) is 46.0 Å². The van der Waals surface area contributed by atoms with E-state index in [1.807, 2.05) is 17.0 Å². The zero-order valence-electron chi connectivity index (χ0n) is 21.8. The molecule has 2 N–H and O–H groups in total. The topological polar surface area (TPSA) is 132 Å². The second-order valence-corrected chi connectivity index (χ2v) is 12.9. The number of pyridine rings is 1. The highest BCUT2D eigenvalue weighted by Gasteiger charge is 2.43. The Morgan fingerprint density at radius 2 is 1.62 bits per heavy atom. The number of likely N-dealkylation sites (tertiary alicyclic amines) is 2. The van der Waals surface area contributed by atoms with E-state index in [-0.39, 0.29) is 34.2 Å². The summed E-state index contributed by atoms with van der Waals surface area (Å²) in [5, 5.41) is 5.12. The van der Waals surface area contributed by atoms with Gasteiger partial charge in [0.15, 0.2) is 0 Å². The van der Waals surface area contributed by atoms with Crippen molar-refractivity contribution in [2.45, 2.75) is 36.5 Å². The molecule has 0 spiro atoms. The fourth-order valence-electron chi connectivity index (χ4n) is 5.95. The first-order valence-corrected chi connectivity index (χ1v) is 15.2. The van der Waals surface area contributed by atoms with Crippen molar-refractivity contribution < 1.29 is 27.5 Å². The Balaban J connectivity index is 1.09. The summed E-state index contributed by atoms with van der Waals surface area (Å²) in [7, 11) is -3.87. The fraction of sp³-hybridized carbons (Fsp3) is 0.536. The lowest BCUT2D eigenvalue weighted by Gasteiger charge is -2.23. The van der Waals surface area contributed by atoms with Crippen LogP contribution in [0.4, 0.5) is 0 Å². The lowest BCUT2D eigenvalue weighted by molar-refractivity contribution is 0.0497. The molecule has 0 bridgehead atoms. The number of rotatable bonds is 7. The summed E-state index contributed by atoms with van der Waals surface area (Å²) in [6.45, 7) is 4.46. The van der Waals surface area contributed by atoms with Gasteiger partial charge < -0.3 is 19.3 Å². The maximum Gasteiger partial charge on any atom is 0.272 e. The molecule has 11 heteroatoms. The van der Waals surface area contributed by atoms with Crippen LogP contribution in [0.15, 0.2) is 41.4 Å². The van der Waals surface area contributed by atoms with Gasteiger partial charge in [0.05, 0.1) is 6.61 Å². The molecule has 2 amide bonds. The number of primary sulfonamides is 1. The number of amides is 2. The fourth-order valence-corrected chi connectivity index (χ4v) is 6.41. The minimum Gasteiger partial charge on any atom is -0.493 e. The lowest BCUT2D eigenvalue weighted by Crippen LogP contribution is -2.36. The molecule has 208 valence electrons. The van der Waals surface area contributed by atoms with Crippen molar-refractivity contribution in [1.82, 2.24) is 14.8 Å². The van der Waals surface area contributed by atoms with Crippen LogP contribution in [0, 0.1) is 17.8 Å². The van der Waals surface area contributed by atoms with E-state index in [4.69, 9.17) is 14.6 Å². The average molecular weight is 555 g/mol. The van der Waals surface area contributed by atoms with Crippen LogP contribution in [-0.2, 0) is 14.8 Å². The van der Waals surface area contributed by atoms with Gasteiger partial charge in [-0.2, -0.15) is 0 Å². The Labute approximate surface area is 228 Å². The van der Waals surface area contributed by atoms with Crippen LogP contribution in [0.25, 0.3) is 0 Å². The van der Waals surface area contributed by atoms with Crippen molar-refractivity contribution in [3.8, 4) is 5.75 Å². The van der Waals surface area contributed by atoms with Gasteiger partial charge in [0, 0.05) is 63.0 Å². The summed E-state index contributed by atoms with van der Waals surface area (Å²) < 4.78 is 34.6. The number of aromatic nitrogens is 1. The third-order valence-corrected chi connectivity index (χ3v) is 9.29. The molecule has 39 heavy (non-hydrogen) atoms. The maximum absolute atomic E-state index is 13.6. The standard InChI is InChI=1S/C28H34N4O6S/c29-39(35,36)25-3-4-26(30-12-25)28(34)32-15-22-13-31(14-23(22)16-32)27(33)21-9-20(19-1-2-19)10-24(11-21)38-17-18-5-7-37-8-6-18/h3-4,9-12,18-19,22-23H,1-2,5-8,13-17H2,(H2,29,35,36)/t22-,23-/m0/s1. The molecule has 4 fully saturated rings. The van der Waals surface area contributed by atoms with Crippen LogP contribution in [0.3, 0.4) is 0 Å². The van der Waals surface area contributed by atoms with E-state index in [1.165, 1.54) is 17.7 Å². The average Bonchev–Trinajstić information content (AvgIpc) is 3.61. The second kappa shape index (κ2) is 10.5. The van der Waals surface area contributed by atoms with E-state index >= 15 is 0 Å². The molecule has 4 heterocycles. The van der Waals surface area contributed by atoms with Gasteiger partial charge in [0.2, 0.25) is 10.0 Å². The van der Waals surface area contributed by atoms with E-state index in [0.717, 1.165) is 50.8 Å². The molecule has 4 aliphatic rings. The zero-order chi connectivity index (χ0) is 27.1. The molecule has 1 aliphatic carbocycles. The molecule has 0 radical (unpaired) electrons. The Hall–Kier alpha value is -3.02. The van der Waals surface area contributed by atoms with Gasteiger partial charge in [-0.05, 0) is 73.4 Å². The molecule has 2 atom stereocenters.